The highest BCUT2D eigenvalue weighted by atomic mass is 79.9. The fourth-order valence-electron chi connectivity index (χ4n) is 2.71. The van der Waals surface area contributed by atoms with Crippen molar-refractivity contribution in [1.29, 1.82) is 0 Å². The highest BCUT2D eigenvalue weighted by Crippen LogP contribution is 2.39. The van der Waals surface area contributed by atoms with Crippen molar-refractivity contribution in [3.63, 3.8) is 0 Å². The van der Waals surface area contributed by atoms with E-state index in [2.05, 4.69) is 26.2 Å². The molecule has 2 aromatic carbocycles. The smallest absolute Gasteiger partial charge is 0.339 e. The molecule has 0 fully saturated rings. The van der Waals surface area contributed by atoms with Crippen molar-refractivity contribution >= 4 is 55.9 Å². The molecule has 0 atom stereocenters. The molecule has 0 saturated carbocycles. The zero-order valence-corrected chi connectivity index (χ0v) is 16.6. The van der Waals surface area contributed by atoms with Crippen LogP contribution in [0, 0.1) is 11.6 Å². The minimum absolute atomic E-state index is 0.0331. The molecule has 0 saturated heterocycles. The molecule has 0 aliphatic rings. The van der Waals surface area contributed by atoms with Crippen LogP contribution in [0.3, 0.4) is 0 Å². The van der Waals surface area contributed by atoms with Crippen LogP contribution in [-0.4, -0.2) is 22.0 Å². The Kier molecular flexibility index (Phi) is 4.89. The van der Waals surface area contributed by atoms with Crippen molar-refractivity contribution in [1.82, 2.24) is 4.98 Å². The largest absolute Gasteiger partial charge is 0.478 e. The first-order chi connectivity index (χ1) is 13.9. The van der Waals surface area contributed by atoms with Crippen molar-refractivity contribution < 1.29 is 27.9 Å². The third kappa shape index (κ3) is 3.40. The number of carbonyl (C=O) groups excluding carboxylic acids is 1. The van der Waals surface area contributed by atoms with E-state index in [0.29, 0.717) is 11.1 Å². The molecule has 4 rings (SSSR count). The second kappa shape index (κ2) is 7.37. The Hall–Kier alpha value is -3.11. The second-order valence-corrected chi connectivity index (χ2v) is 7.56. The summed E-state index contributed by atoms with van der Waals surface area (Å²) in [4.78, 5) is 28.3. The molecule has 6 nitrogen and oxygen atoms in total. The third-order valence-corrected chi connectivity index (χ3v) is 5.65. The summed E-state index contributed by atoms with van der Waals surface area (Å²) in [6, 6.07) is 9.27. The van der Waals surface area contributed by atoms with Gasteiger partial charge >= 0.3 is 11.9 Å². The topological polar surface area (TPSA) is 92.4 Å². The summed E-state index contributed by atoms with van der Waals surface area (Å²) < 4.78 is 33.5. The van der Waals surface area contributed by atoms with E-state index in [-0.39, 0.29) is 32.1 Å². The molecular weight excluding hydrogens is 470 g/mol. The number of para-hydroxylation sites is 2. The Bertz CT molecular complexity index is 1250. The highest BCUT2D eigenvalue weighted by Gasteiger charge is 2.26. The van der Waals surface area contributed by atoms with Crippen LogP contribution in [0.2, 0.25) is 0 Å². The number of benzene rings is 2. The van der Waals surface area contributed by atoms with Gasteiger partial charge in [0, 0.05) is 10.9 Å². The molecule has 2 N–H and O–H groups in total. The van der Waals surface area contributed by atoms with Crippen LogP contribution in [0.4, 0.5) is 14.5 Å². The zero-order valence-electron chi connectivity index (χ0n) is 14.2. The lowest BCUT2D eigenvalue weighted by atomic mass is 10.1. The fraction of sp³-hybridized carbons (Fsp3) is 0. The number of amides is 1. The summed E-state index contributed by atoms with van der Waals surface area (Å²) in [6.07, 6.45) is 0. The SMILES string of the molecule is O=C(Nc1csc(-c2ccc(Br)c(F)c2F)c1C(=O)O)c1nc2ccccc2o1. The van der Waals surface area contributed by atoms with Crippen LogP contribution in [0.15, 0.2) is 50.7 Å². The Morgan fingerprint density at radius 1 is 1.14 bits per heavy atom. The van der Waals surface area contributed by atoms with Crippen molar-refractivity contribution in [2.75, 3.05) is 5.32 Å². The number of anilines is 1. The lowest BCUT2D eigenvalue weighted by Gasteiger charge is -2.07. The average molecular weight is 479 g/mol. The summed E-state index contributed by atoms with van der Waals surface area (Å²) >= 11 is 3.74. The van der Waals surface area contributed by atoms with E-state index in [1.165, 1.54) is 17.5 Å². The third-order valence-electron chi connectivity index (χ3n) is 4.02. The van der Waals surface area contributed by atoms with Gasteiger partial charge in [0.15, 0.2) is 17.2 Å². The number of hydrogen-bond donors (Lipinski definition) is 2. The van der Waals surface area contributed by atoms with Crippen LogP contribution < -0.4 is 5.32 Å². The first-order valence-electron chi connectivity index (χ1n) is 8.02. The second-order valence-electron chi connectivity index (χ2n) is 5.82. The summed E-state index contributed by atoms with van der Waals surface area (Å²) in [5.74, 6) is -4.76. The number of halogens is 3. The fourth-order valence-corrected chi connectivity index (χ4v) is 4.03. The van der Waals surface area contributed by atoms with Gasteiger partial charge < -0.3 is 14.8 Å². The summed E-state index contributed by atoms with van der Waals surface area (Å²) in [6.45, 7) is 0. The van der Waals surface area contributed by atoms with Gasteiger partial charge in [0.05, 0.1) is 15.0 Å². The molecule has 2 aromatic heterocycles. The van der Waals surface area contributed by atoms with E-state index >= 15 is 0 Å². The molecule has 1 amide bonds. The number of carboxylic acids is 1. The maximum Gasteiger partial charge on any atom is 0.339 e. The molecule has 0 aliphatic heterocycles. The molecular formula is C19H9BrF2N2O4S. The quantitative estimate of drug-likeness (QED) is 0.375. The first-order valence-corrected chi connectivity index (χ1v) is 9.69. The lowest BCUT2D eigenvalue weighted by molar-refractivity contribution is 0.0699. The number of aromatic carboxylic acids is 1. The number of carbonyl (C=O) groups is 2. The van der Waals surface area contributed by atoms with Gasteiger partial charge in [-0.3, -0.25) is 4.79 Å². The van der Waals surface area contributed by atoms with E-state index in [0.717, 1.165) is 11.3 Å². The molecule has 0 spiro atoms. The van der Waals surface area contributed by atoms with Crippen molar-refractivity contribution in [2.24, 2.45) is 0 Å². The van der Waals surface area contributed by atoms with Gasteiger partial charge in [-0.15, -0.1) is 11.3 Å². The Balaban J connectivity index is 1.73. The van der Waals surface area contributed by atoms with Gasteiger partial charge in [-0.25, -0.2) is 18.6 Å². The van der Waals surface area contributed by atoms with E-state index in [9.17, 15) is 23.5 Å². The monoisotopic (exact) mass is 478 g/mol. The number of carboxylic acid groups (broad SMARTS) is 1. The van der Waals surface area contributed by atoms with Gasteiger partial charge in [0.2, 0.25) is 0 Å². The minimum Gasteiger partial charge on any atom is -0.478 e. The standard InChI is InChI=1S/C19H9BrF2N2O4S/c20-9-6-5-8(14(21)15(9)22)16-13(19(26)27)11(7-29-16)23-17(25)18-24-10-3-1-2-4-12(10)28-18/h1-7H,(H,23,25)(H,26,27). The van der Waals surface area contributed by atoms with E-state index < -0.39 is 23.5 Å². The summed E-state index contributed by atoms with van der Waals surface area (Å²) in [5.41, 5.74) is 0.201. The number of rotatable bonds is 4. The summed E-state index contributed by atoms with van der Waals surface area (Å²) in [7, 11) is 0. The Labute approximate surface area is 173 Å². The Morgan fingerprint density at radius 3 is 2.62 bits per heavy atom. The van der Waals surface area contributed by atoms with Crippen LogP contribution in [0.25, 0.3) is 21.5 Å². The molecule has 2 heterocycles. The predicted molar refractivity (Wildman–Crippen MR) is 106 cm³/mol. The number of nitrogens with zero attached hydrogens (tertiary/aromatic N) is 1. The van der Waals surface area contributed by atoms with E-state index in [4.69, 9.17) is 4.42 Å². The molecule has 0 radical (unpaired) electrons. The maximum absolute atomic E-state index is 14.3. The number of thiophene rings is 1. The first kappa shape index (κ1) is 19.2. The van der Waals surface area contributed by atoms with Crippen LogP contribution >= 0.6 is 27.3 Å². The van der Waals surface area contributed by atoms with E-state index in [1.807, 2.05) is 0 Å². The normalized spacial score (nSPS) is 11.0. The van der Waals surface area contributed by atoms with Gasteiger partial charge in [-0.2, -0.15) is 0 Å². The zero-order chi connectivity index (χ0) is 20.7. The van der Waals surface area contributed by atoms with Crippen molar-refractivity contribution in [3.8, 4) is 10.4 Å². The van der Waals surface area contributed by atoms with Gasteiger partial charge in [-0.1, -0.05) is 12.1 Å². The lowest BCUT2D eigenvalue weighted by Crippen LogP contribution is -2.14. The molecule has 146 valence electrons. The highest BCUT2D eigenvalue weighted by molar-refractivity contribution is 9.10. The van der Waals surface area contributed by atoms with Crippen molar-refractivity contribution in [3.05, 3.63) is 69.3 Å². The summed E-state index contributed by atoms with van der Waals surface area (Å²) in [5, 5.41) is 13.3. The van der Waals surface area contributed by atoms with E-state index in [1.54, 1.807) is 24.3 Å². The predicted octanol–water partition coefficient (Wildman–Crippen LogP) is 5.55. The molecule has 10 heteroatoms. The van der Waals surface area contributed by atoms with Crippen LogP contribution in [0.5, 0.6) is 0 Å². The molecule has 29 heavy (non-hydrogen) atoms. The van der Waals surface area contributed by atoms with Crippen molar-refractivity contribution in [2.45, 2.75) is 0 Å². The average Bonchev–Trinajstić information content (AvgIpc) is 3.30. The number of aromatic nitrogens is 1. The van der Waals surface area contributed by atoms with Crippen LogP contribution in [-0.2, 0) is 0 Å². The van der Waals surface area contributed by atoms with Gasteiger partial charge in [-0.05, 0) is 40.2 Å². The molecule has 0 aliphatic carbocycles. The van der Waals surface area contributed by atoms with Gasteiger partial charge in [0.1, 0.15) is 11.1 Å². The molecule has 4 aromatic rings. The number of fused-ring (bicyclic) bond motifs is 1. The number of nitrogens with one attached hydrogen (secondary N) is 1. The van der Waals surface area contributed by atoms with Crippen LogP contribution in [0.1, 0.15) is 21.0 Å². The number of oxazole rings is 1. The minimum atomic E-state index is -1.41. The molecule has 0 unspecified atom stereocenters. The molecule has 0 bridgehead atoms. The maximum atomic E-state index is 14.3. The van der Waals surface area contributed by atoms with Gasteiger partial charge in [0.25, 0.3) is 5.89 Å². The Morgan fingerprint density at radius 2 is 1.90 bits per heavy atom. The number of hydrogen-bond acceptors (Lipinski definition) is 5.